The molecule has 0 aliphatic rings. The molecule has 0 aliphatic heterocycles. The summed E-state index contributed by atoms with van der Waals surface area (Å²) in [6, 6.07) is 3.12. The number of aliphatic hydroxyl groups excluding tert-OH is 1. The van der Waals surface area contributed by atoms with Crippen LogP contribution in [0.5, 0.6) is 11.5 Å². The van der Waals surface area contributed by atoms with Crippen LogP contribution in [-0.4, -0.2) is 21.9 Å². The summed E-state index contributed by atoms with van der Waals surface area (Å²) in [4.78, 5) is 0. The third kappa shape index (κ3) is 2.14. The maximum atomic E-state index is 9.26. The molecule has 3 N–H and O–H groups in total. The SMILES string of the molecule is CC(CO)c1cc(O)c(O)c(Br)c1. The molecule has 1 unspecified atom stereocenters. The third-order valence-electron chi connectivity index (χ3n) is 1.91. The van der Waals surface area contributed by atoms with Crippen LogP contribution in [0, 0.1) is 0 Å². The molecule has 0 aromatic heterocycles. The molecular weight excluding hydrogens is 236 g/mol. The zero-order valence-corrected chi connectivity index (χ0v) is 8.74. The molecule has 1 aromatic carbocycles. The second-order valence-electron chi connectivity index (χ2n) is 2.95. The summed E-state index contributed by atoms with van der Waals surface area (Å²) in [5.41, 5.74) is 0.782. The van der Waals surface area contributed by atoms with Gasteiger partial charge in [0.2, 0.25) is 0 Å². The van der Waals surface area contributed by atoms with Gasteiger partial charge < -0.3 is 15.3 Å². The van der Waals surface area contributed by atoms with Crippen LogP contribution in [0.4, 0.5) is 0 Å². The van der Waals surface area contributed by atoms with E-state index in [1.807, 2.05) is 6.92 Å². The van der Waals surface area contributed by atoms with Crippen LogP contribution in [0.1, 0.15) is 18.4 Å². The first kappa shape index (κ1) is 10.3. The minimum absolute atomic E-state index is 0.0106. The van der Waals surface area contributed by atoms with E-state index in [2.05, 4.69) is 15.9 Å². The lowest BCUT2D eigenvalue weighted by Crippen LogP contribution is -1.98. The van der Waals surface area contributed by atoms with E-state index in [0.717, 1.165) is 5.56 Å². The zero-order valence-electron chi connectivity index (χ0n) is 7.16. The van der Waals surface area contributed by atoms with E-state index in [1.54, 1.807) is 6.07 Å². The second kappa shape index (κ2) is 3.98. The number of rotatable bonds is 2. The number of aliphatic hydroxyl groups is 1. The van der Waals surface area contributed by atoms with E-state index in [0.29, 0.717) is 4.47 Å². The minimum Gasteiger partial charge on any atom is -0.504 e. The Labute approximate surface area is 84.8 Å². The molecule has 13 heavy (non-hydrogen) atoms. The quantitative estimate of drug-likeness (QED) is 0.700. The Morgan fingerprint density at radius 2 is 2.00 bits per heavy atom. The van der Waals surface area contributed by atoms with Crippen molar-refractivity contribution in [3.63, 3.8) is 0 Å². The number of benzene rings is 1. The molecule has 0 saturated heterocycles. The second-order valence-corrected chi connectivity index (χ2v) is 3.81. The van der Waals surface area contributed by atoms with Crippen LogP contribution in [0.3, 0.4) is 0 Å². The number of hydrogen-bond donors (Lipinski definition) is 3. The fourth-order valence-corrected chi connectivity index (χ4v) is 1.46. The van der Waals surface area contributed by atoms with Gasteiger partial charge in [-0.25, -0.2) is 0 Å². The number of phenols is 2. The Morgan fingerprint density at radius 1 is 1.38 bits per heavy atom. The summed E-state index contributed by atoms with van der Waals surface area (Å²) < 4.78 is 0.433. The Bertz CT molecular complexity index is 289. The predicted octanol–water partition coefficient (Wildman–Crippen LogP) is 1.96. The van der Waals surface area contributed by atoms with Gasteiger partial charge in [-0.1, -0.05) is 6.92 Å². The summed E-state index contributed by atoms with van der Waals surface area (Å²) in [6.07, 6.45) is 0. The summed E-state index contributed by atoms with van der Waals surface area (Å²) in [7, 11) is 0. The van der Waals surface area contributed by atoms with Crippen LogP contribution >= 0.6 is 15.9 Å². The summed E-state index contributed by atoms with van der Waals surface area (Å²) in [5, 5.41) is 27.4. The topological polar surface area (TPSA) is 60.7 Å². The van der Waals surface area contributed by atoms with Crippen molar-refractivity contribution in [2.24, 2.45) is 0 Å². The molecule has 1 rings (SSSR count). The highest BCUT2D eigenvalue weighted by atomic mass is 79.9. The summed E-state index contributed by atoms with van der Waals surface area (Å²) in [6.45, 7) is 1.84. The maximum Gasteiger partial charge on any atom is 0.171 e. The molecule has 4 heteroatoms. The van der Waals surface area contributed by atoms with Crippen molar-refractivity contribution in [1.82, 2.24) is 0 Å². The third-order valence-corrected chi connectivity index (χ3v) is 2.51. The highest BCUT2D eigenvalue weighted by Crippen LogP contribution is 2.36. The lowest BCUT2D eigenvalue weighted by molar-refractivity contribution is 0.272. The molecule has 0 fully saturated rings. The number of phenolic OH excluding ortho intramolecular Hbond substituents is 2. The van der Waals surface area contributed by atoms with Gasteiger partial charge in [-0.05, 0) is 33.6 Å². The Hall–Kier alpha value is -0.740. The fraction of sp³-hybridized carbons (Fsp3) is 0.333. The van der Waals surface area contributed by atoms with Gasteiger partial charge in [-0.15, -0.1) is 0 Å². The molecule has 1 atom stereocenters. The van der Waals surface area contributed by atoms with Crippen molar-refractivity contribution in [2.45, 2.75) is 12.8 Å². The first-order chi connectivity index (χ1) is 6.06. The molecule has 0 amide bonds. The average Bonchev–Trinajstić information content (AvgIpc) is 2.12. The normalized spacial score (nSPS) is 12.8. The zero-order chi connectivity index (χ0) is 10.0. The molecule has 0 spiro atoms. The van der Waals surface area contributed by atoms with Crippen molar-refractivity contribution in [1.29, 1.82) is 0 Å². The van der Waals surface area contributed by atoms with Crippen LogP contribution in [-0.2, 0) is 0 Å². The van der Waals surface area contributed by atoms with Crippen LogP contribution in [0.2, 0.25) is 0 Å². The molecule has 3 nitrogen and oxygen atoms in total. The van der Waals surface area contributed by atoms with Crippen molar-refractivity contribution in [3.8, 4) is 11.5 Å². The van der Waals surface area contributed by atoms with E-state index in [4.69, 9.17) is 5.11 Å². The molecule has 72 valence electrons. The van der Waals surface area contributed by atoms with Gasteiger partial charge >= 0.3 is 0 Å². The minimum atomic E-state index is -0.176. The molecule has 0 aliphatic carbocycles. The first-order valence-electron chi connectivity index (χ1n) is 3.88. The predicted molar refractivity (Wildman–Crippen MR) is 53.0 cm³/mol. The largest absolute Gasteiger partial charge is 0.504 e. The van der Waals surface area contributed by atoms with E-state index in [-0.39, 0.29) is 24.0 Å². The highest BCUT2D eigenvalue weighted by molar-refractivity contribution is 9.10. The van der Waals surface area contributed by atoms with Gasteiger partial charge in [-0.3, -0.25) is 0 Å². The number of halogens is 1. The van der Waals surface area contributed by atoms with Crippen molar-refractivity contribution >= 4 is 15.9 Å². The van der Waals surface area contributed by atoms with Crippen LogP contribution in [0.15, 0.2) is 16.6 Å². The van der Waals surface area contributed by atoms with Gasteiger partial charge in [0.25, 0.3) is 0 Å². The molecule has 1 aromatic rings. The van der Waals surface area contributed by atoms with E-state index < -0.39 is 0 Å². The Balaban J connectivity index is 3.13. The Kier molecular flexibility index (Phi) is 3.17. The van der Waals surface area contributed by atoms with Gasteiger partial charge in [0.15, 0.2) is 11.5 Å². The van der Waals surface area contributed by atoms with E-state index >= 15 is 0 Å². The van der Waals surface area contributed by atoms with Crippen molar-refractivity contribution in [3.05, 3.63) is 22.2 Å². The van der Waals surface area contributed by atoms with Gasteiger partial charge in [0.05, 0.1) is 4.47 Å². The van der Waals surface area contributed by atoms with Crippen LogP contribution in [0.25, 0.3) is 0 Å². The Morgan fingerprint density at radius 3 is 2.46 bits per heavy atom. The van der Waals surface area contributed by atoms with E-state index in [1.165, 1.54) is 6.07 Å². The van der Waals surface area contributed by atoms with Crippen LogP contribution < -0.4 is 0 Å². The van der Waals surface area contributed by atoms with Gasteiger partial charge in [-0.2, -0.15) is 0 Å². The lowest BCUT2D eigenvalue weighted by atomic mass is 10.0. The van der Waals surface area contributed by atoms with E-state index in [9.17, 15) is 10.2 Å². The number of hydrogen-bond acceptors (Lipinski definition) is 3. The van der Waals surface area contributed by atoms with Crippen molar-refractivity contribution < 1.29 is 15.3 Å². The molecule has 0 radical (unpaired) electrons. The monoisotopic (exact) mass is 246 g/mol. The number of aromatic hydroxyl groups is 2. The average molecular weight is 247 g/mol. The standard InChI is InChI=1S/C9H11BrO3/c1-5(4-11)6-2-7(10)9(13)8(12)3-6/h2-3,5,11-13H,4H2,1H3. The fourth-order valence-electron chi connectivity index (χ4n) is 0.995. The molecule has 0 bridgehead atoms. The lowest BCUT2D eigenvalue weighted by Gasteiger charge is -2.10. The maximum absolute atomic E-state index is 9.26. The summed E-state index contributed by atoms with van der Waals surface area (Å²) >= 11 is 3.10. The van der Waals surface area contributed by atoms with Crippen molar-refractivity contribution in [2.75, 3.05) is 6.61 Å². The van der Waals surface area contributed by atoms with Gasteiger partial charge in [0.1, 0.15) is 0 Å². The molecular formula is C9H11BrO3. The smallest absolute Gasteiger partial charge is 0.171 e. The van der Waals surface area contributed by atoms with Gasteiger partial charge in [0, 0.05) is 12.5 Å². The summed E-state index contributed by atoms with van der Waals surface area (Å²) in [5.74, 6) is -0.402. The first-order valence-corrected chi connectivity index (χ1v) is 4.67. The molecule has 0 saturated carbocycles. The highest BCUT2D eigenvalue weighted by Gasteiger charge is 2.10. The molecule has 0 heterocycles.